The number of unbranched alkanes of at least 4 members (excludes halogenated alkanes) is 1. The molecule has 9 heteroatoms. The number of carbonyl (C=O) groups excluding carboxylic acids is 1. The summed E-state index contributed by atoms with van der Waals surface area (Å²) in [5.74, 6) is -3.20. The highest BCUT2D eigenvalue weighted by Gasteiger charge is 2.23. The van der Waals surface area contributed by atoms with Crippen LogP contribution in [-0.4, -0.2) is 33.0 Å². The number of carbonyl (C=O) groups is 1. The van der Waals surface area contributed by atoms with Gasteiger partial charge in [0, 0.05) is 6.20 Å². The Balaban J connectivity index is 1.91. The standard InChI is InChI=1S/C22H24F3N3O3/c1-3-4-6-14(11-29)27-22(30)19-13(2)26-21-20(18(25)9-10-28(19)21)31-12-15-16(23)7-5-8-17(15)24/h5,7-10,14,29H,3-4,6,11-12H2,1-2H3,(H,27,30). The van der Waals surface area contributed by atoms with Crippen molar-refractivity contribution in [3.8, 4) is 5.75 Å². The molecule has 0 fully saturated rings. The molecule has 31 heavy (non-hydrogen) atoms. The summed E-state index contributed by atoms with van der Waals surface area (Å²) in [6.07, 6.45) is 3.71. The number of ether oxygens (including phenoxy) is 1. The first-order valence-corrected chi connectivity index (χ1v) is 10.0. The van der Waals surface area contributed by atoms with Crippen LogP contribution in [-0.2, 0) is 6.61 Å². The van der Waals surface area contributed by atoms with Crippen LogP contribution in [0.5, 0.6) is 5.75 Å². The van der Waals surface area contributed by atoms with Gasteiger partial charge in [-0.1, -0.05) is 25.8 Å². The molecule has 1 amide bonds. The Kier molecular flexibility index (Phi) is 7.17. The Labute approximate surface area is 177 Å². The zero-order chi connectivity index (χ0) is 22.5. The third-order valence-electron chi connectivity index (χ3n) is 4.97. The number of rotatable bonds is 9. The predicted octanol–water partition coefficient (Wildman–Crippen LogP) is 3.92. The van der Waals surface area contributed by atoms with Gasteiger partial charge in [0.1, 0.15) is 23.9 Å². The van der Waals surface area contributed by atoms with E-state index in [0.29, 0.717) is 12.1 Å². The number of nitrogens with zero attached hydrogens (tertiary/aromatic N) is 2. The molecule has 3 rings (SSSR count). The fourth-order valence-electron chi connectivity index (χ4n) is 3.31. The third kappa shape index (κ3) is 4.82. The maximum Gasteiger partial charge on any atom is 0.270 e. The second-order valence-corrected chi connectivity index (χ2v) is 7.22. The van der Waals surface area contributed by atoms with Crippen molar-refractivity contribution in [2.24, 2.45) is 0 Å². The fourth-order valence-corrected chi connectivity index (χ4v) is 3.31. The molecule has 0 saturated heterocycles. The summed E-state index contributed by atoms with van der Waals surface area (Å²) in [6.45, 7) is 2.83. The molecule has 0 radical (unpaired) electrons. The molecule has 0 spiro atoms. The number of nitrogens with one attached hydrogen (secondary N) is 1. The van der Waals surface area contributed by atoms with Gasteiger partial charge in [-0.05, 0) is 31.5 Å². The number of aromatic nitrogens is 2. The Morgan fingerprint density at radius 2 is 1.94 bits per heavy atom. The molecule has 2 heterocycles. The smallest absolute Gasteiger partial charge is 0.270 e. The second-order valence-electron chi connectivity index (χ2n) is 7.22. The number of hydrogen-bond donors (Lipinski definition) is 2. The van der Waals surface area contributed by atoms with E-state index in [-0.39, 0.29) is 29.3 Å². The average Bonchev–Trinajstić information content (AvgIpc) is 3.08. The van der Waals surface area contributed by atoms with Crippen molar-refractivity contribution in [1.82, 2.24) is 14.7 Å². The van der Waals surface area contributed by atoms with Crippen LogP contribution >= 0.6 is 0 Å². The van der Waals surface area contributed by atoms with Crippen molar-refractivity contribution in [3.05, 3.63) is 64.9 Å². The molecule has 0 aliphatic heterocycles. The Bertz CT molecular complexity index is 1060. The van der Waals surface area contributed by atoms with Crippen LogP contribution in [0.15, 0.2) is 30.5 Å². The van der Waals surface area contributed by atoms with E-state index in [4.69, 9.17) is 4.74 Å². The molecule has 0 bridgehead atoms. The van der Waals surface area contributed by atoms with Crippen molar-refractivity contribution in [2.45, 2.75) is 45.8 Å². The van der Waals surface area contributed by atoms with Crippen LogP contribution in [0.3, 0.4) is 0 Å². The van der Waals surface area contributed by atoms with Crippen molar-refractivity contribution in [2.75, 3.05) is 6.61 Å². The largest absolute Gasteiger partial charge is 0.482 e. The highest BCUT2D eigenvalue weighted by molar-refractivity contribution is 5.95. The fraction of sp³-hybridized carbons (Fsp3) is 0.364. The summed E-state index contributed by atoms with van der Waals surface area (Å²) in [5, 5.41) is 12.3. The Hall–Kier alpha value is -3.07. The normalized spacial score (nSPS) is 12.2. The number of pyridine rings is 1. The van der Waals surface area contributed by atoms with Crippen molar-refractivity contribution in [3.63, 3.8) is 0 Å². The third-order valence-corrected chi connectivity index (χ3v) is 4.97. The molecule has 0 aliphatic rings. The molecule has 3 aromatic rings. The quantitative estimate of drug-likeness (QED) is 0.534. The van der Waals surface area contributed by atoms with E-state index in [0.717, 1.165) is 31.0 Å². The summed E-state index contributed by atoms with van der Waals surface area (Å²) in [7, 11) is 0. The lowest BCUT2D eigenvalue weighted by molar-refractivity contribution is 0.0905. The molecule has 0 aliphatic carbocycles. The SMILES string of the molecule is CCCCC(CO)NC(=O)c1c(C)nc2c(OCc3c(F)cccc3F)c(F)ccn12. The van der Waals surface area contributed by atoms with Crippen LogP contribution in [0, 0.1) is 24.4 Å². The van der Waals surface area contributed by atoms with Gasteiger partial charge in [-0.2, -0.15) is 0 Å². The number of aliphatic hydroxyl groups is 1. The van der Waals surface area contributed by atoms with Crippen LogP contribution in [0.4, 0.5) is 13.2 Å². The van der Waals surface area contributed by atoms with Crippen molar-refractivity contribution < 1.29 is 27.8 Å². The van der Waals surface area contributed by atoms with Gasteiger partial charge in [0.15, 0.2) is 17.2 Å². The number of benzene rings is 1. The lowest BCUT2D eigenvalue weighted by Gasteiger charge is -2.16. The van der Waals surface area contributed by atoms with Gasteiger partial charge in [-0.15, -0.1) is 0 Å². The van der Waals surface area contributed by atoms with Gasteiger partial charge in [-0.25, -0.2) is 18.2 Å². The molecule has 1 unspecified atom stereocenters. The van der Waals surface area contributed by atoms with Gasteiger partial charge >= 0.3 is 0 Å². The van der Waals surface area contributed by atoms with E-state index in [9.17, 15) is 23.1 Å². The van der Waals surface area contributed by atoms with E-state index in [1.165, 1.54) is 16.7 Å². The first-order valence-electron chi connectivity index (χ1n) is 10.0. The molecular formula is C22H24F3N3O3. The number of hydrogen-bond acceptors (Lipinski definition) is 4. The molecule has 2 aromatic heterocycles. The topological polar surface area (TPSA) is 75.9 Å². The van der Waals surface area contributed by atoms with Gasteiger partial charge in [0.05, 0.1) is 23.9 Å². The van der Waals surface area contributed by atoms with Gasteiger partial charge in [0.2, 0.25) is 0 Å². The zero-order valence-corrected chi connectivity index (χ0v) is 17.3. The first-order chi connectivity index (χ1) is 14.9. The average molecular weight is 435 g/mol. The predicted molar refractivity (Wildman–Crippen MR) is 108 cm³/mol. The maximum atomic E-state index is 14.5. The highest BCUT2D eigenvalue weighted by Crippen LogP contribution is 2.27. The van der Waals surface area contributed by atoms with Crippen molar-refractivity contribution in [1.29, 1.82) is 0 Å². The monoisotopic (exact) mass is 435 g/mol. The first kappa shape index (κ1) is 22.6. The van der Waals surface area contributed by atoms with E-state index >= 15 is 0 Å². The van der Waals surface area contributed by atoms with Crippen molar-refractivity contribution >= 4 is 11.6 Å². The molecular weight excluding hydrogens is 411 g/mol. The van der Waals surface area contributed by atoms with E-state index < -0.39 is 36.0 Å². The minimum Gasteiger partial charge on any atom is -0.482 e. The van der Waals surface area contributed by atoms with Gasteiger partial charge in [0.25, 0.3) is 5.91 Å². The summed E-state index contributed by atoms with van der Waals surface area (Å²) in [5.41, 5.74) is 0.143. The molecule has 166 valence electrons. The minimum atomic E-state index is -0.811. The van der Waals surface area contributed by atoms with Crippen LogP contribution in [0.2, 0.25) is 0 Å². The van der Waals surface area contributed by atoms with Crippen LogP contribution in [0.25, 0.3) is 5.65 Å². The van der Waals surface area contributed by atoms with Crippen LogP contribution < -0.4 is 10.1 Å². The molecule has 2 N–H and O–H groups in total. The number of aliphatic hydroxyl groups excluding tert-OH is 1. The van der Waals surface area contributed by atoms with Crippen LogP contribution in [0.1, 0.15) is 47.9 Å². The lowest BCUT2D eigenvalue weighted by Crippen LogP contribution is -2.38. The molecule has 1 aromatic carbocycles. The van der Waals surface area contributed by atoms with Gasteiger partial charge in [-0.3, -0.25) is 9.20 Å². The zero-order valence-electron chi connectivity index (χ0n) is 17.3. The highest BCUT2D eigenvalue weighted by atomic mass is 19.1. The summed E-state index contributed by atoms with van der Waals surface area (Å²) >= 11 is 0. The maximum absolute atomic E-state index is 14.5. The van der Waals surface area contributed by atoms with Gasteiger partial charge < -0.3 is 15.2 Å². The number of fused-ring (bicyclic) bond motifs is 1. The lowest BCUT2D eigenvalue weighted by atomic mass is 10.1. The summed E-state index contributed by atoms with van der Waals surface area (Å²) in [4.78, 5) is 17.1. The number of imidazole rings is 1. The minimum absolute atomic E-state index is 0.00787. The summed E-state index contributed by atoms with van der Waals surface area (Å²) < 4.78 is 49.0. The summed E-state index contributed by atoms with van der Waals surface area (Å²) in [6, 6.07) is 4.04. The number of aryl methyl sites for hydroxylation is 1. The Morgan fingerprint density at radius 1 is 1.23 bits per heavy atom. The Morgan fingerprint density at radius 3 is 2.58 bits per heavy atom. The van der Waals surface area contributed by atoms with E-state index in [2.05, 4.69) is 10.3 Å². The number of halogens is 3. The number of amides is 1. The van der Waals surface area contributed by atoms with E-state index in [1.807, 2.05) is 6.92 Å². The molecule has 6 nitrogen and oxygen atoms in total. The second kappa shape index (κ2) is 9.82. The molecule has 0 saturated carbocycles. The van der Waals surface area contributed by atoms with E-state index in [1.54, 1.807) is 6.92 Å². The molecule has 1 atom stereocenters.